The average Bonchev–Trinajstić information content (AvgIpc) is 3.33. The molecule has 1 aromatic carbocycles. The molecule has 1 unspecified atom stereocenters. The minimum atomic E-state index is -0.439. The zero-order valence-electron chi connectivity index (χ0n) is 17.7. The van der Waals surface area contributed by atoms with Gasteiger partial charge < -0.3 is 24.7 Å². The van der Waals surface area contributed by atoms with Crippen LogP contribution in [0.25, 0.3) is 11.0 Å². The van der Waals surface area contributed by atoms with Gasteiger partial charge in [-0.3, -0.25) is 9.59 Å². The lowest BCUT2D eigenvalue weighted by atomic mass is 9.85. The summed E-state index contributed by atoms with van der Waals surface area (Å²) in [4.78, 5) is 30.3. The van der Waals surface area contributed by atoms with Crippen molar-refractivity contribution in [3.8, 4) is 0 Å². The van der Waals surface area contributed by atoms with Crippen LogP contribution in [0.4, 0.5) is 5.69 Å². The molecule has 2 heterocycles. The number of carbonyl (C=O) groups is 2. The van der Waals surface area contributed by atoms with Gasteiger partial charge in [-0.25, -0.2) is 4.98 Å². The summed E-state index contributed by atoms with van der Waals surface area (Å²) in [6.45, 7) is 1.72. The number of ether oxygens (including phenoxy) is 2. The van der Waals surface area contributed by atoms with Crippen molar-refractivity contribution in [2.45, 2.75) is 50.5 Å². The summed E-state index contributed by atoms with van der Waals surface area (Å²) in [5.74, 6) is 1.10. The van der Waals surface area contributed by atoms with E-state index in [1.807, 2.05) is 13.1 Å². The van der Waals surface area contributed by atoms with Gasteiger partial charge in [0.05, 0.1) is 16.7 Å². The first-order valence-corrected chi connectivity index (χ1v) is 10.8. The monoisotopic (exact) mass is 414 g/mol. The summed E-state index contributed by atoms with van der Waals surface area (Å²) in [5.41, 5.74) is 2.67. The van der Waals surface area contributed by atoms with Gasteiger partial charge in [0.2, 0.25) is 0 Å². The van der Waals surface area contributed by atoms with E-state index >= 15 is 0 Å². The lowest BCUT2D eigenvalue weighted by Crippen LogP contribution is -2.28. The highest BCUT2D eigenvalue weighted by Crippen LogP contribution is 2.38. The van der Waals surface area contributed by atoms with Crippen molar-refractivity contribution in [2.75, 3.05) is 32.2 Å². The van der Waals surface area contributed by atoms with Crippen molar-refractivity contribution in [2.24, 2.45) is 7.05 Å². The third-order valence-corrected chi connectivity index (χ3v) is 6.03. The Kier molecular flexibility index (Phi) is 6.34. The van der Waals surface area contributed by atoms with Gasteiger partial charge in [0.15, 0.2) is 0 Å². The maximum absolute atomic E-state index is 12.7. The number of fused-ring (bicyclic) bond motifs is 1. The lowest BCUT2D eigenvalue weighted by molar-refractivity contribution is -0.124. The fourth-order valence-corrected chi connectivity index (χ4v) is 4.15. The Hall–Kier alpha value is -2.45. The number of aromatic nitrogens is 2. The normalized spacial score (nSPS) is 19.1. The Labute approximate surface area is 176 Å². The molecule has 1 aliphatic carbocycles. The second-order valence-electron chi connectivity index (χ2n) is 8.14. The fraction of sp³-hybridized carbons (Fsp3) is 0.591. The fourth-order valence-electron chi connectivity index (χ4n) is 4.15. The molecule has 2 N–H and O–H groups in total. The van der Waals surface area contributed by atoms with Gasteiger partial charge in [0, 0.05) is 45.4 Å². The van der Waals surface area contributed by atoms with Crippen LogP contribution in [0.1, 0.15) is 60.6 Å². The van der Waals surface area contributed by atoms with E-state index in [9.17, 15) is 9.59 Å². The summed E-state index contributed by atoms with van der Waals surface area (Å²) in [6.07, 6.45) is 5.37. The highest BCUT2D eigenvalue weighted by Gasteiger charge is 2.28. The molecule has 0 bridgehead atoms. The summed E-state index contributed by atoms with van der Waals surface area (Å²) in [6, 6.07) is 3.55. The highest BCUT2D eigenvalue weighted by molar-refractivity contribution is 6.06. The Bertz CT molecular complexity index is 929. The first-order valence-electron chi connectivity index (χ1n) is 10.8. The quantitative estimate of drug-likeness (QED) is 0.648. The van der Waals surface area contributed by atoms with E-state index < -0.39 is 6.10 Å². The third kappa shape index (κ3) is 4.20. The van der Waals surface area contributed by atoms with Crippen LogP contribution >= 0.6 is 0 Å². The molecule has 2 amide bonds. The van der Waals surface area contributed by atoms with Gasteiger partial charge in [-0.1, -0.05) is 6.42 Å². The van der Waals surface area contributed by atoms with E-state index in [1.54, 1.807) is 13.2 Å². The molecule has 2 fully saturated rings. The van der Waals surface area contributed by atoms with Gasteiger partial charge in [-0.15, -0.1) is 0 Å². The highest BCUT2D eigenvalue weighted by atomic mass is 16.5. The SMILES string of the molecule is COCCCNC(=O)c1cc(NC(=O)C2CCCO2)c2c(c1)nc(C1CCC1)n2C. The zero-order valence-corrected chi connectivity index (χ0v) is 17.7. The predicted molar refractivity (Wildman–Crippen MR) is 114 cm³/mol. The van der Waals surface area contributed by atoms with Gasteiger partial charge in [0.25, 0.3) is 11.8 Å². The van der Waals surface area contributed by atoms with E-state index in [4.69, 9.17) is 14.5 Å². The molecular formula is C22H30N4O4. The number of benzene rings is 1. The molecule has 162 valence electrons. The Morgan fingerprint density at radius 2 is 2.10 bits per heavy atom. The number of hydrogen-bond donors (Lipinski definition) is 2. The molecule has 1 aliphatic heterocycles. The molecule has 30 heavy (non-hydrogen) atoms. The molecule has 0 spiro atoms. The van der Waals surface area contributed by atoms with E-state index in [-0.39, 0.29) is 11.8 Å². The van der Waals surface area contributed by atoms with Gasteiger partial charge in [-0.05, 0) is 44.2 Å². The maximum Gasteiger partial charge on any atom is 0.253 e. The number of rotatable bonds is 8. The minimum Gasteiger partial charge on any atom is -0.385 e. The van der Waals surface area contributed by atoms with Crippen LogP contribution in [0.5, 0.6) is 0 Å². The van der Waals surface area contributed by atoms with E-state index in [1.165, 1.54) is 6.42 Å². The number of anilines is 1. The van der Waals surface area contributed by atoms with Crippen molar-refractivity contribution in [3.05, 3.63) is 23.5 Å². The molecule has 1 aromatic heterocycles. The number of carbonyl (C=O) groups excluding carboxylic acids is 2. The van der Waals surface area contributed by atoms with Crippen LogP contribution in [0.3, 0.4) is 0 Å². The number of aryl methyl sites for hydroxylation is 1. The molecular weight excluding hydrogens is 384 g/mol. The third-order valence-electron chi connectivity index (χ3n) is 6.03. The van der Waals surface area contributed by atoms with Gasteiger partial charge in [0.1, 0.15) is 11.9 Å². The first kappa shape index (κ1) is 20.8. The number of hydrogen-bond acceptors (Lipinski definition) is 5. The molecule has 2 aromatic rings. The number of imidazole rings is 1. The van der Waals surface area contributed by atoms with Crippen LogP contribution in [-0.4, -0.2) is 54.3 Å². The van der Waals surface area contributed by atoms with E-state index in [2.05, 4.69) is 15.2 Å². The average molecular weight is 415 g/mol. The van der Waals surface area contributed by atoms with Crippen LogP contribution < -0.4 is 10.6 Å². The Balaban J connectivity index is 1.65. The van der Waals surface area contributed by atoms with Gasteiger partial charge >= 0.3 is 0 Å². The number of nitrogens with zero attached hydrogens (tertiary/aromatic N) is 2. The zero-order chi connectivity index (χ0) is 21.1. The first-order chi connectivity index (χ1) is 14.6. The van der Waals surface area contributed by atoms with Crippen molar-refractivity contribution < 1.29 is 19.1 Å². The standard InChI is InChI=1S/C22H30N4O4/c1-26-19-16(24-20(26)14-6-3-7-14)12-15(21(27)23-9-5-10-29-2)13-17(19)25-22(28)18-8-4-11-30-18/h12-14,18H,3-11H2,1-2H3,(H,23,27)(H,25,28). The molecule has 1 saturated carbocycles. The van der Waals surface area contributed by atoms with E-state index in [0.717, 1.165) is 42.5 Å². The second kappa shape index (κ2) is 9.14. The summed E-state index contributed by atoms with van der Waals surface area (Å²) < 4.78 is 12.6. The van der Waals surface area contributed by atoms with Crippen molar-refractivity contribution >= 4 is 28.5 Å². The molecule has 2 aliphatic rings. The lowest BCUT2D eigenvalue weighted by Gasteiger charge is -2.24. The largest absolute Gasteiger partial charge is 0.385 e. The molecule has 8 nitrogen and oxygen atoms in total. The van der Waals surface area contributed by atoms with E-state index in [0.29, 0.717) is 43.3 Å². The Morgan fingerprint density at radius 1 is 1.27 bits per heavy atom. The Morgan fingerprint density at radius 3 is 2.77 bits per heavy atom. The maximum atomic E-state index is 12.7. The second-order valence-corrected chi connectivity index (χ2v) is 8.14. The summed E-state index contributed by atoms with van der Waals surface area (Å²) >= 11 is 0. The van der Waals surface area contributed by atoms with Crippen molar-refractivity contribution in [1.82, 2.24) is 14.9 Å². The predicted octanol–water partition coefficient (Wildman–Crippen LogP) is 2.72. The number of nitrogens with one attached hydrogen (secondary N) is 2. The molecule has 1 atom stereocenters. The van der Waals surface area contributed by atoms with Gasteiger partial charge in [-0.2, -0.15) is 0 Å². The number of amides is 2. The molecule has 8 heteroatoms. The van der Waals surface area contributed by atoms with Crippen LogP contribution in [0, 0.1) is 0 Å². The topological polar surface area (TPSA) is 94.5 Å². The van der Waals surface area contributed by atoms with Crippen LogP contribution in [0.2, 0.25) is 0 Å². The smallest absolute Gasteiger partial charge is 0.253 e. The molecule has 1 saturated heterocycles. The minimum absolute atomic E-state index is 0.169. The summed E-state index contributed by atoms with van der Waals surface area (Å²) in [5, 5.41) is 5.91. The molecule has 0 radical (unpaired) electrons. The number of methoxy groups -OCH3 is 1. The summed E-state index contributed by atoms with van der Waals surface area (Å²) in [7, 11) is 3.62. The van der Waals surface area contributed by atoms with Crippen molar-refractivity contribution in [3.63, 3.8) is 0 Å². The van der Waals surface area contributed by atoms with Crippen LogP contribution in [0.15, 0.2) is 12.1 Å². The van der Waals surface area contributed by atoms with Crippen molar-refractivity contribution in [1.29, 1.82) is 0 Å². The molecule has 4 rings (SSSR count). The van der Waals surface area contributed by atoms with Crippen LogP contribution in [-0.2, 0) is 21.3 Å².